The van der Waals surface area contributed by atoms with Crippen molar-refractivity contribution in [1.82, 2.24) is 10.2 Å². The molecule has 0 aromatic rings. The third kappa shape index (κ3) is 5.10. The van der Waals surface area contributed by atoms with Crippen LogP contribution < -0.4 is 5.32 Å². The number of nitrogens with zero attached hydrogens (tertiary/aromatic N) is 1. The summed E-state index contributed by atoms with van der Waals surface area (Å²) in [4.78, 5) is 13.8. The van der Waals surface area contributed by atoms with Crippen LogP contribution in [0.15, 0.2) is 60.9 Å². The van der Waals surface area contributed by atoms with E-state index >= 15 is 0 Å². The van der Waals surface area contributed by atoms with Gasteiger partial charge in [-0.2, -0.15) is 0 Å². The maximum absolute atomic E-state index is 12.0. The van der Waals surface area contributed by atoms with E-state index < -0.39 is 0 Å². The van der Waals surface area contributed by atoms with Gasteiger partial charge in [0.05, 0.1) is 0 Å². The van der Waals surface area contributed by atoms with E-state index in [0.29, 0.717) is 24.7 Å². The fourth-order valence-electron chi connectivity index (χ4n) is 2.14. The quantitative estimate of drug-likeness (QED) is 0.699. The Labute approximate surface area is 128 Å². The number of urea groups is 1. The van der Waals surface area contributed by atoms with Crippen LogP contribution in [0.3, 0.4) is 0 Å². The van der Waals surface area contributed by atoms with Crippen LogP contribution in [-0.2, 0) is 0 Å². The van der Waals surface area contributed by atoms with Gasteiger partial charge >= 0.3 is 6.03 Å². The molecule has 0 aromatic carbocycles. The highest BCUT2D eigenvalue weighted by molar-refractivity contribution is 5.79. The van der Waals surface area contributed by atoms with Crippen molar-refractivity contribution >= 4 is 6.03 Å². The minimum atomic E-state index is -0.0897. The molecule has 0 spiro atoms. The smallest absolute Gasteiger partial charge is 0.320 e. The van der Waals surface area contributed by atoms with Gasteiger partial charge in [-0.15, -0.1) is 0 Å². The second kappa shape index (κ2) is 8.30. The van der Waals surface area contributed by atoms with Crippen LogP contribution in [0.5, 0.6) is 0 Å². The van der Waals surface area contributed by atoms with E-state index in [1.165, 1.54) is 5.57 Å². The molecule has 0 radical (unpaired) electrons. The number of allylic oxidation sites excluding steroid dienone is 4. The van der Waals surface area contributed by atoms with Gasteiger partial charge in [0.1, 0.15) is 0 Å². The number of rotatable bonds is 7. The minimum Gasteiger partial charge on any atom is -0.320 e. The minimum absolute atomic E-state index is 0.0897. The fraction of sp³-hybridized carbons (Fsp3) is 0.389. The van der Waals surface area contributed by atoms with Crippen molar-refractivity contribution in [2.75, 3.05) is 13.1 Å². The SMILES string of the molecule is C=C/C=C1/CN(CC/C(C=C)=C/[C@H](C)CC)C(=O)NC1=C. The Bertz CT molecular complexity index is 485. The lowest BCUT2D eigenvalue weighted by Crippen LogP contribution is -2.46. The third-order valence-electron chi connectivity index (χ3n) is 3.69. The average molecular weight is 286 g/mol. The number of carbonyl (C=O) groups is 1. The van der Waals surface area contributed by atoms with Crippen molar-refractivity contribution in [1.29, 1.82) is 0 Å². The first-order valence-electron chi connectivity index (χ1n) is 7.41. The molecule has 1 heterocycles. The number of amides is 2. The molecule has 1 aliphatic rings. The van der Waals surface area contributed by atoms with Gasteiger partial charge in [-0.1, -0.05) is 69.9 Å². The molecule has 0 bridgehead atoms. The van der Waals surface area contributed by atoms with E-state index in [-0.39, 0.29) is 6.03 Å². The zero-order valence-corrected chi connectivity index (χ0v) is 13.2. The van der Waals surface area contributed by atoms with Gasteiger partial charge in [0, 0.05) is 18.8 Å². The monoisotopic (exact) mass is 286 g/mol. The molecule has 3 heteroatoms. The molecule has 21 heavy (non-hydrogen) atoms. The van der Waals surface area contributed by atoms with E-state index in [0.717, 1.165) is 18.4 Å². The molecular weight excluding hydrogens is 260 g/mol. The van der Waals surface area contributed by atoms with E-state index in [2.05, 4.69) is 45.0 Å². The van der Waals surface area contributed by atoms with Crippen LogP contribution in [0.25, 0.3) is 0 Å². The summed E-state index contributed by atoms with van der Waals surface area (Å²) in [6.45, 7) is 17.0. The Balaban J connectivity index is 2.69. The molecule has 0 aliphatic carbocycles. The van der Waals surface area contributed by atoms with Crippen molar-refractivity contribution in [3.63, 3.8) is 0 Å². The summed E-state index contributed by atoms with van der Waals surface area (Å²) in [5.41, 5.74) is 2.85. The van der Waals surface area contributed by atoms with E-state index in [1.54, 1.807) is 11.0 Å². The summed E-state index contributed by atoms with van der Waals surface area (Å²) in [6.07, 6.45) is 9.64. The number of hydrogen-bond donors (Lipinski definition) is 1. The zero-order chi connectivity index (χ0) is 15.8. The Morgan fingerprint density at radius 2 is 2.19 bits per heavy atom. The van der Waals surface area contributed by atoms with Crippen LogP contribution in [0.4, 0.5) is 4.79 Å². The topological polar surface area (TPSA) is 32.3 Å². The van der Waals surface area contributed by atoms with Crippen LogP contribution in [0.1, 0.15) is 26.7 Å². The predicted octanol–water partition coefficient (Wildman–Crippen LogP) is 4.19. The van der Waals surface area contributed by atoms with E-state index in [1.807, 2.05) is 12.2 Å². The largest absolute Gasteiger partial charge is 0.322 e. The summed E-state index contributed by atoms with van der Waals surface area (Å²) in [7, 11) is 0. The second-order valence-electron chi connectivity index (χ2n) is 5.34. The van der Waals surface area contributed by atoms with Crippen molar-refractivity contribution in [2.45, 2.75) is 26.7 Å². The Hall–Kier alpha value is -2.03. The first-order valence-corrected chi connectivity index (χ1v) is 7.41. The van der Waals surface area contributed by atoms with Crippen molar-refractivity contribution in [3.8, 4) is 0 Å². The molecule has 2 amide bonds. The van der Waals surface area contributed by atoms with Crippen LogP contribution in [0, 0.1) is 5.92 Å². The van der Waals surface area contributed by atoms with Gasteiger partial charge < -0.3 is 10.2 Å². The normalized spacial score (nSPS) is 19.4. The Morgan fingerprint density at radius 1 is 1.48 bits per heavy atom. The molecule has 0 aromatic heterocycles. The zero-order valence-electron chi connectivity index (χ0n) is 13.2. The summed E-state index contributed by atoms with van der Waals surface area (Å²) < 4.78 is 0. The first kappa shape index (κ1) is 17.0. The highest BCUT2D eigenvalue weighted by Crippen LogP contribution is 2.17. The lowest BCUT2D eigenvalue weighted by atomic mass is 10.0. The third-order valence-corrected chi connectivity index (χ3v) is 3.69. The molecule has 1 saturated heterocycles. The van der Waals surface area contributed by atoms with Crippen LogP contribution in [0.2, 0.25) is 0 Å². The summed E-state index contributed by atoms with van der Waals surface area (Å²) >= 11 is 0. The van der Waals surface area contributed by atoms with Gasteiger partial charge in [-0.3, -0.25) is 0 Å². The lowest BCUT2D eigenvalue weighted by molar-refractivity contribution is 0.201. The van der Waals surface area contributed by atoms with Gasteiger partial charge in [0.25, 0.3) is 0 Å². The number of nitrogens with one attached hydrogen (secondary N) is 1. The van der Waals surface area contributed by atoms with Crippen LogP contribution in [-0.4, -0.2) is 24.0 Å². The highest BCUT2D eigenvalue weighted by atomic mass is 16.2. The van der Waals surface area contributed by atoms with E-state index in [9.17, 15) is 4.79 Å². The fourth-order valence-corrected chi connectivity index (χ4v) is 2.14. The van der Waals surface area contributed by atoms with Gasteiger partial charge in [0.2, 0.25) is 0 Å². The predicted molar refractivity (Wildman–Crippen MR) is 89.9 cm³/mol. The summed E-state index contributed by atoms with van der Waals surface area (Å²) in [5.74, 6) is 0.532. The van der Waals surface area contributed by atoms with E-state index in [4.69, 9.17) is 0 Å². The first-order chi connectivity index (χ1) is 10.0. The molecule has 0 saturated carbocycles. The molecule has 0 unspecified atom stereocenters. The summed E-state index contributed by atoms with van der Waals surface area (Å²) in [5, 5.41) is 2.79. The second-order valence-corrected chi connectivity index (χ2v) is 5.34. The molecular formula is C18H26N2O. The van der Waals surface area contributed by atoms with Crippen LogP contribution >= 0.6 is 0 Å². The Morgan fingerprint density at radius 3 is 2.76 bits per heavy atom. The molecule has 1 rings (SSSR count). The number of carbonyl (C=O) groups excluding carboxylic acids is 1. The standard InChI is InChI=1S/C18H26N2O/c1-6-9-17-13-20(18(21)19-15(17)5)11-10-16(8-3)12-14(4)7-2/h6,8-9,12,14H,1,3,5,7,10-11,13H2,2,4H3,(H,19,21)/b16-12+,17-9-/t14-/m1/s1. The van der Waals surface area contributed by atoms with Crippen molar-refractivity contribution < 1.29 is 4.79 Å². The summed E-state index contributed by atoms with van der Waals surface area (Å²) in [6, 6.07) is -0.0897. The number of hydrogen-bond acceptors (Lipinski definition) is 1. The maximum Gasteiger partial charge on any atom is 0.322 e. The molecule has 3 nitrogen and oxygen atoms in total. The van der Waals surface area contributed by atoms with Gasteiger partial charge in [-0.05, 0) is 17.9 Å². The molecule has 1 atom stereocenters. The molecule has 114 valence electrons. The average Bonchev–Trinajstić information content (AvgIpc) is 2.47. The van der Waals surface area contributed by atoms with Gasteiger partial charge in [-0.25, -0.2) is 4.79 Å². The molecule has 1 fully saturated rings. The Kier molecular flexibility index (Phi) is 6.73. The highest BCUT2D eigenvalue weighted by Gasteiger charge is 2.22. The lowest BCUT2D eigenvalue weighted by Gasteiger charge is -2.30. The molecule has 1 N–H and O–H groups in total. The molecule has 1 aliphatic heterocycles. The maximum atomic E-state index is 12.0. The van der Waals surface area contributed by atoms with Gasteiger partial charge in [0.15, 0.2) is 0 Å². The van der Waals surface area contributed by atoms with Crippen molar-refractivity contribution in [2.24, 2.45) is 5.92 Å². The van der Waals surface area contributed by atoms with Crippen molar-refractivity contribution in [3.05, 3.63) is 60.9 Å².